The highest BCUT2D eigenvalue weighted by atomic mass is 14.1. The van der Waals surface area contributed by atoms with Gasteiger partial charge < -0.3 is 0 Å². The summed E-state index contributed by atoms with van der Waals surface area (Å²) in [5.74, 6) is 0. The van der Waals surface area contributed by atoms with Gasteiger partial charge in [0.2, 0.25) is 0 Å². The average molecular weight is 122 g/mol. The lowest BCUT2D eigenvalue weighted by Crippen LogP contribution is -1.75. The average Bonchev–Trinajstić information content (AvgIpc) is 1.97. The lowest BCUT2D eigenvalue weighted by molar-refractivity contribution is 0.834. The van der Waals surface area contributed by atoms with Crippen molar-refractivity contribution in [3.8, 4) is 0 Å². The third kappa shape index (κ3) is 2.05. The molecule has 0 aliphatic heterocycles. The van der Waals surface area contributed by atoms with Crippen LogP contribution in [0.15, 0.2) is 24.3 Å². The zero-order valence-corrected chi connectivity index (χ0v) is 5.95. The standard InChI is InChI=1S/C9H14/c1-8-4-3-5-9(2)7-6-8/h1-7H2. The molecule has 0 spiro atoms. The molecule has 1 rings (SSSR count). The smallest absolute Gasteiger partial charge is 0.0286 e. The maximum absolute atomic E-state index is 3.97. The molecule has 0 heterocycles. The molecule has 0 N–H and O–H groups in total. The van der Waals surface area contributed by atoms with E-state index in [-0.39, 0.29) is 0 Å². The predicted octanol–water partition coefficient (Wildman–Crippen LogP) is 3.06. The molecule has 0 aromatic heterocycles. The van der Waals surface area contributed by atoms with Crippen LogP contribution in [0.5, 0.6) is 0 Å². The molecule has 0 nitrogen and oxygen atoms in total. The van der Waals surface area contributed by atoms with Crippen molar-refractivity contribution < 1.29 is 0 Å². The van der Waals surface area contributed by atoms with Crippen LogP contribution in [0, 0.1) is 0 Å². The highest BCUT2D eigenvalue weighted by Crippen LogP contribution is 2.23. The van der Waals surface area contributed by atoms with Crippen LogP contribution < -0.4 is 0 Å². The molecule has 0 amide bonds. The Labute approximate surface area is 57.3 Å². The molecule has 1 aliphatic rings. The van der Waals surface area contributed by atoms with Crippen LogP contribution in [-0.4, -0.2) is 0 Å². The molecule has 0 saturated heterocycles. The van der Waals surface area contributed by atoms with Crippen molar-refractivity contribution in [1.29, 1.82) is 0 Å². The zero-order chi connectivity index (χ0) is 6.69. The van der Waals surface area contributed by atoms with E-state index in [4.69, 9.17) is 0 Å². The topological polar surface area (TPSA) is 0 Å². The minimum Gasteiger partial charge on any atom is -0.0999 e. The van der Waals surface area contributed by atoms with E-state index >= 15 is 0 Å². The summed E-state index contributed by atoms with van der Waals surface area (Å²) < 4.78 is 0. The van der Waals surface area contributed by atoms with Gasteiger partial charge in [0, 0.05) is 0 Å². The van der Waals surface area contributed by atoms with Gasteiger partial charge in [-0.25, -0.2) is 0 Å². The van der Waals surface area contributed by atoms with Crippen molar-refractivity contribution >= 4 is 0 Å². The molecule has 50 valence electrons. The summed E-state index contributed by atoms with van der Waals surface area (Å²) in [7, 11) is 0. The number of hydrogen-bond donors (Lipinski definition) is 0. The van der Waals surface area contributed by atoms with Gasteiger partial charge >= 0.3 is 0 Å². The van der Waals surface area contributed by atoms with Crippen molar-refractivity contribution in [2.75, 3.05) is 0 Å². The van der Waals surface area contributed by atoms with Crippen molar-refractivity contribution in [1.82, 2.24) is 0 Å². The highest BCUT2D eigenvalue weighted by Gasteiger charge is 2.03. The molecular formula is C9H14. The third-order valence-electron chi connectivity index (χ3n) is 1.89. The first-order valence-electron chi connectivity index (χ1n) is 3.62. The molecule has 0 aromatic rings. The molecule has 1 saturated carbocycles. The quantitative estimate of drug-likeness (QED) is 0.342. The van der Waals surface area contributed by atoms with E-state index in [9.17, 15) is 0 Å². The van der Waals surface area contributed by atoms with Crippen LogP contribution in [0.3, 0.4) is 0 Å². The SMILES string of the molecule is C=C1CCCC(=C)CC1. The first kappa shape index (κ1) is 6.60. The number of allylic oxidation sites excluding steroid dienone is 2. The van der Waals surface area contributed by atoms with E-state index in [1.54, 1.807) is 0 Å². The van der Waals surface area contributed by atoms with Crippen molar-refractivity contribution in [2.45, 2.75) is 32.1 Å². The van der Waals surface area contributed by atoms with Gasteiger partial charge in [0.25, 0.3) is 0 Å². The van der Waals surface area contributed by atoms with Gasteiger partial charge in [0.1, 0.15) is 0 Å². The van der Waals surface area contributed by atoms with Gasteiger partial charge in [-0.2, -0.15) is 0 Å². The summed E-state index contributed by atoms with van der Waals surface area (Å²) >= 11 is 0. The molecular weight excluding hydrogens is 108 g/mol. The summed E-state index contributed by atoms with van der Waals surface area (Å²) in [6.07, 6.45) is 6.08. The van der Waals surface area contributed by atoms with E-state index in [1.807, 2.05) is 0 Å². The Balaban J connectivity index is 2.43. The Morgan fingerprint density at radius 3 is 1.67 bits per heavy atom. The summed E-state index contributed by atoms with van der Waals surface area (Å²) in [4.78, 5) is 0. The van der Waals surface area contributed by atoms with Gasteiger partial charge in [0.05, 0.1) is 0 Å². The van der Waals surface area contributed by atoms with Crippen molar-refractivity contribution in [2.24, 2.45) is 0 Å². The van der Waals surface area contributed by atoms with Crippen molar-refractivity contribution in [3.05, 3.63) is 24.3 Å². The Bertz CT molecular complexity index is 115. The van der Waals surface area contributed by atoms with Gasteiger partial charge in [0.15, 0.2) is 0 Å². The lowest BCUT2D eigenvalue weighted by atomic mass is 10.1. The predicted molar refractivity (Wildman–Crippen MR) is 41.4 cm³/mol. The van der Waals surface area contributed by atoms with Crippen LogP contribution in [0.25, 0.3) is 0 Å². The van der Waals surface area contributed by atoms with E-state index < -0.39 is 0 Å². The monoisotopic (exact) mass is 122 g/mol. The van der Waals surface area contributed by atoms with Gasteiger partial charge in [-0.3, -0.25) is 0 Å². The van der Waals surface area contributed by atoms with E-state index in [2.05, 4.69) is 13.2 Å². The molecule has 0 bridgehead atoms. The summed E-state index contributed by atoms with van der Waals surface area (Å²) in [6.45, 7) is 7.94. The molecule has 1 aliphatic carbocycles. The van der Waals surface area contributed by atoms with Crippen molar-refractivity contribution in [3.63, 3.8) is 0 Å². The Hall–Kier alpha value is -0.520. The number of hydrogen-bond acceptors (Lipinski definition) is 0. The fourth-order valence-electron chi connectivity index (χ4n) is 1.19. The molecule has 0 atom stereocenters. The second-order valence-corrected chi connectivity index (χ2v) is 2.85. The minimum atomic E-state index is 1.18. The Morgan fingerprint density at radius 1 is 0.778 bits per heavy atom. The van der Waals surface area contributed by atoms with Crippen LogP contribution >= 0.6 is 0 Å². The third-order valence-corrected chi connectivity index (χ3v) is 1.89. The van der Waals surface area contributed by atoms with Gasteiger partial charge in [-0.1, -0.05) is 24.3 Å². The van der Waals surface area contributed by atoms with Gasteiger partial charge in [-0.05, 0) is 32.1 Å². The molecule has 9 heavy (non-hydrogen) atoms. The molecule has 0 radical (unpaired) electrons. The van der Waals surface area contributed by atoms with Crippen LogP contribution in [0.1, 0.15) is 32.1 Å². The largest absolute Gasteiger partial charge is 0.0999 e. The second kappa shape index (κ2) is 2.86. The summed E-state index contributed by atoms with van der Waals surface area (Å²) in [5.41, 5.74) is 2.82. The highest BCUT2D eigenvalue weighted by molar-refractivity contribution is 5.06. The molecule has 1 fully saturated rings. The Kier molecular flexibility index (Phi) is 2.10. The number of rotatable bonds is 0. The van der Waals surface area contributed by atoms with E-state index in [1.165, 1.54) is 43.3 Å². The maximum atomic E-state index is 3.97. The first-order valence-corrected chi connectivity index (χ1v) is 3.62. The zero-order valence-electron chi connectivity index (χ0n) is 5.95. The fourth-order valence-corrected chi connectivity index (χ4v) is 1.19. The summed E-state index contributed by atoms with van der Waals surface area (Å²) in [5, 5.41) is 0. The molecule has 0 aromatic carbocycles. The van der Waals surface area contributed by atoms with E-state index in [0.29, 0.717) is 0 Å². The first-order chi connectivity index (χ1) is 4.29. The maximum Gasteiger partial charge on any atom is -0.0286 e. The molecule has 0 unspecified atom stereocenters. The van der Waals surface area contributed by atoms with Crippen LogP contribution in [0.2, 0.25) is 0 Å². The van der Waals surface area contributed by atoms with Crippen LogP contribution in [-0.2, 0) is 0 Å². The lowest BCUT2D eigenvalue weighted by Gasteiger charge is -1.95. The van der Waals surface area contributed by atoms with E-state index in [0.717, 1.165) is 0 Å². The van der Waals surface area contributed by atoms with Crippen LogP contribution in [0.4, 0.5) is 0 Å². The Morgan fingerprint density at radius 2 is 1.22 bits per heavy atom. The second-order valence-electron chi connectivity index (χ2n) is 2.85. The molecule has 0 heteroatoms. The summed E-state index contributed by atoms with van der Waals surface area (Å²) in [6, 6.07) is 0. The fraction of sp³-hybridized carbons (Fsp3) is 0.556. The normalized spacial score (nSPS) is 21.8. The minimum absolute atomic E-state index is 1.18. The van der Waals surface area contributed by atoms with Gasteiger partial charge in [-0.15, -0.1) is 0 Å².